The van der Waals surface area contributed by atoms with Crippen LogP contribution in [0.5, 0.6) is 0 Å². The van der Waals surface area contributed by atoms with Gasteiger partial charge in [0.05, 0.1) is 6.04 Å². The van der Waals surface area contributed by atoms with Gasteiger partial charge in [-0.2, -0.15) is 11.8 Å². The predicted molar refractivity (Wildman–Crippen MR) is 83.7 cm³/mol. The molecule has 0 aliphatic carbocycles. The number of carbonyl (C=O) groups is 1. The molecule has 108 valence electrons. The molecule has 0 aromatic heterocycles. The Hall–Kier alpha value is -1.00. The monoisotopic (exact) mass is 290 g/mol. The highest BCUT2D eigenvalue weighted by Gasteiger charge is 2.38. The van der Waals surface area contributed by atoms with Gasteiger partial charge < -0.3 is 4.90 Å². The number of benzene rings is 1. The number of hydrogen-bond donors (Lipinski definition) is 1. The molecule has 1 aromatic carbocycles. The van der Waals surface area contributed by atoms with Crippen molar-refractivity contribution < 1.29 is 4.79 Å². The van der Waals surface area contributed by atoms with Crippen LogP contribution in [0.1, 0.15) is 37.1 Å². The lowest BCUT2D eigenvalue weighted by atomic mass is 10.1. The zero-order valence-electron chi connectivity index (χ0n) is 12.1. The molecular formula is C16H22N2OS. The van der Waals surface area contributed by atoms with E-state index in [-0.39, 0.29) is 18.1 Å². The third-order valence-electron chi connectivity index (χ3n) is 4.16. The molecule has 1 amide bonds. The van der Waals surface area contributed by atoms with Crippen LogP contribution >= 0.6 is 11.8 Å². The first-order chi connectivity index (χ1) is 9.65. The molecule has 1 aromatic rings. The van der Waals surface area contributed by atoms with E-state index in [4.69, 9.17) is 0 Å². The quantitative estimate of drug-likeness (QED) is 0.929. The van der Waals surface area contributed by atoms with Crippen molar-refractivity contribution in [1.82, 2.24) is 10.2 Å². The van der Waals surface area contributed by atoms with Gasteiger partial charge in [-0.25, -0.2) is 0 Å². The fourth-order valence-electron chi connectivity index (χ4n) is 3.09. The van der Waals surface area contributed by atoms with E-state index in [1.54, 1.807) is 0 Å². The second-order valence-electron chi connectivity index (χ2n) is 5.83. The largest absolute Gasteiger partial charge is 0.320 e. The van der Waals surface area contributed by atoms with Gasteiger partial charge in [-0.1, -0.05) is 29.8 Å². The molecule has 1 N–H and O–H groups in total. The van der Waals surface area contributed by atoms with E-state index in [2.05, 4.69) is 36.5 Å². The molecule has 3 unspecified atom stereocenters. The van der Waals surface area contributed by atoms with Crippen LogP contribution in [-0.2, 0) is 4.79 Å². The predicted octanol–water partition coefficient (Wildman–Crippen LogP) is 2.71. The molecule has 0 bridgehead atoms. The van der Waals surface area contributed by atoms with Gasteiger partial charge >= 0.3 is 0 Å². The highest BCUT2D eigenvalue weighted by Crippen LogP contribution is 2.32. The Morgan fingerprint density at radius 1 is 1.45 bits per heavy atom. The second kappa shape index (κ2) is 5.78. The van der Waals surface area contributed by atoms with Crippen molar-refractivity contribution in [3.63, 3.8) is 0 Å². The van der Waals surface area contributed by atoms with Crippen LogP contribution in [0, 0.1) is 6.92 Å². The Kier molecular flexibility index (Phi) is 4.03. The first kappa shape index (κ1) is 14.0. The normalized spacial score (nSPS) is 30.2. The van der Waals surface area contributed by atoms with E-state index in [1.807, 2.05) is 23.6 Å². The molecule has 2 saturated heterocycles. The minimum absolute atomic E-state index is 0.0404. The van der Waals surface area contributed by atoms with E-state index >= 15 is 0 Å². The standard InChI is InChI=1S/C16H22N2OS/c1-11-5-3-6-13(9-11)15-17-12(2)16(19)18(15)10-14-7-4-8-20-14/h3,5-6,9,12,14-15,17H,4,7-8,10H2,1-2H3. The Labute approximate surface area is 125 Å². The summed E-state index contributed by atoms with van der Waals surface area (Å²) in [4.78, 5) is 14.5. The van der Waals surface area contributed by atoms with Crippen molar-refractivity contribution in [2.75, 3.05) is 12.3 Å². The van der Waals surface area contributed by atoms with E-state index in [0.29, 0.717) is 5.25 Å². The Morgan fingerprint density at radius 3 is 3.00 bits per heavy atom. The molecular weight excluding hydrogens is 268 g/mol. The molecule has 2 aliphatic heterocycles. The molecule has 3 atom stereocenters. The summed E-state index contributed by atoms with van der Waals surface area (Å²) in [6.45, 7) is 4.94. The first-order valence-corrected chi connectivity index (χ1v) is 8.45. The molecule has 2 heterocycles. The number of amides is 1. The zero-order valence-corrected chi connectivity index (χ0v) is 13.0. The van der Waals surface area contributed by atoms with Gasteiger partial charge in [0.2, 0.25) is 5.91 Å². The number of thioether (sulfide) groups is 1. The van der Waals surface area contributed by atoms with Crippen molar-refractivity contribution >= 4 is 17.7 Å². The van der Waals surface area contributed by atoms with Crippen LogP contribution in [0.2, 0.25) is 0 Å². The molecule has 4 heteroatoms. The fourth-order valence-corrected chi connectivity index (χ4v) is 4.36. The fraction of sp³-hybridized carbons (Fsp3) is 0.562. The van der Waals surface area contributed by atoms with E-state index in [9.17, 15) is 4.79 Å². The lowest BCUT2D eigenvalue weighted by Crippen LogP contribution is -2.35. The SMILES string of the molecule is Cc1cccc(C2NC(C)C(=O)N2CC2CCCS2)c1. The van der Waals surface area contributed by atoms with Crippen LogP contribution in [0.15, 0.2) is 24.3 Å². The number of rotatable bonds is 3. The minimum atomic E-state index is -0.0769. The summed E-state index contributed by atoms with van der Waals surface area (Å²) in [5.74, 6) is 1.48. The maximum absolute atomic E-state index is 12.4. The van der Waals surface area contributed by atoms with Crippen molar-refractivity contribution in [3.8, 4) is 0 Å². The molecule has 20 heavy (non-hydrogen) atoms. The highest BCUT2D eigenvalue weighted by molar-refractivity contribution is 8.00. The van der Waals surface area contributed by atoms with Gasteiger partial charge in [0, 0.05) is 11.8 Å². The second-order valence-corrected chi connectivity index (χ2v) is 7.24. The van der Waals surface area contributed by atoms with Crippen LogP contribution in [0.25, 0.3) is 0 Å². The molecule has 2 fully saturated rings. The van der Waals surface area contributed by atoms with Crippen molar-refractivity contribution in [3.05, 3.63) is 35.4 Å². The Morgan fingerprint density at radius 2 is 2.30 bits per heavy atom. The molecule has 2 aliphatic rings. The molecule has 0 radical (unpaired) electrons. The number of nitrogens with one attached hydrogen (secondary N) is 1. The van der Waals surface area contributed by atoms with Gasteiger partial charge in [-0.15, -0.1) is 0 Å². The summed E-state index contributed by atoms with van der Waals surface area (Å²) in [6.07, 6.45) is 2.57. The van der Waals surface area contributed by atoms with E-state index in [0.717, 1.165) is 6.54 Å². The van der Waals surface area contributed by atoms with Crippen molar-refractivity contribution in [2.24, 2.45) is 0 Å². The van der Waals surface area contributed by atoms with E-state index in [1.165, 1.54) is 29.7 Å². The topological polar surface area (TPSA) is 32.3 Å². The Bertz CT molecular complexity index is 499. The summed E-state index contributed by atoms with van der Waals surface area (Å²) in [6, 6.07) is 8.39. The lowest BCUT2D eigenvalue weighted by molar-refractivity contribution is -0.129. The third kappa shape index (κ3) is 2.72. The average Bonchev–Trinajstić information content (AvgIpc) is 3.03. The van der Waals surface area contributed by atoms with Crippen molar-refractivity contribution in [2.45, 2.75) is 44.1 Å². The summed E-state index contributed by atoms with van der Waals surface area (Å²) >= 11 is 2.01. The third-order valence-corrected chi connectivity index (χ3v) is 5.54. The maximum atomic E-state index is 12.4. The molecule has 3 nitrogen and oxygen atoms in total. The van der Waals surface area contributed by atoms with Gasteiger partial charge in [0.1, 0.15) is 6.17 Å². The summed E-state index contributed by atoms with van der Waals surface area (Å²) < 4.78 is 0. The van der Waals surface area contributed by atoms with Gasteiger partial charge in [-0.3, -0.25) is 10.1 Å². The number of carbonyl (C=O) groups excluding carboxylic acids is 1. The lowest BCUT2D eigenvalue weighted by Gasteiger charge is -2.27. The van der Waals surface area contributed by atoms with E-state index < -0.39 is 0 Å². The van der Waals surface area contributed by atoms with Crippen LogP contribution < -0.4 is 5.32 Å². The first-order valence-electron chi connectivity index (χ1n) is 7.40. The number of nitrogens with zero attached hydrogens (tertiary/aromatic N) is 1. The van der Waals surface area contributed by atoms with Crippen LogP contribution in [0.4, 0.5) is 0 Å². The maximum Gasteiger partial charge on any atom is 0.241 e. The Balaban J connectivity index is 1.81. The van der Waals surface area contributed by atoms with Gasteiger partial charge in [-0.05, 0) is 38.0 Å². The summed E-state index contributed by atoms with van der Waals surface area (Å²) in [5.41, 5.74) is 2.44. The summed E-state index contributed by atoms with van der Waals surface area (Å²) in [5, 5.41) is 4.05. The van der Waals surface area contributed by atoms with Crippen LogP contribution in [0.3, 0.4) is 0 Å². The summed E-state index contributed by atoms with van der Waals surface area (Å²) in [7, 11) is 0. The number of hydrogen-bond acceptors (Lipinski definition) is 3. The average molecular weight is 290 g/mol. The highest BCUT2D eigenvalue weighted by atomic mass is 32.2. The number of aryl methyl sites for hydroxylation is 1. The zero-order chi connectivity index (χ0) is 14.1. The van der Waals surface area contributed by atoms with Gasteiger partial charge in [0.25, 0.3) is 0 Å². The van der Waals surface area contributed by atoms with Crippen LogP contribution in [-0.4, -0.2) is 34.4 Å². The van der Waals surface area contributed by atoms with Crippen molar-refractivity contribution in [1.29, 1.82) is 0 Å². The minimum Gasteiger partial charge on any atom is -0.320 e. The smallest absolute Gasteiger partial charge is 0.241 e. The molecule has 3 rings (SSSR count). The molecule has 0 saturated carbocycles. The molecule has 0 spiro atoms. The van der Waals surface area contributed by atoms with Gasteiger partial charge in [0.15, 0.2) is 0 Å².